The fourth-order valence-corrected chi connectivity index (χ4v) is 1.48. The molecule has 2 heteroatoms. The summed E-state index contributed by atoms with van der Waals surface area (Å²) in [5, 5.41) is 0. The Hall–Kier alpha value is -0.110. The van der Waals surface area contributed by atoms with Gasteiger partial charge in [0, 0.05) is 6.04 Å². The van der Waals surface area contributed by atoms with Gasteiger partial charge in [0.1, 0.15) is 6.17 Å². The van der Waals surface area contributed by atoms with E-state index < -0.39 is 6.17 Å². The van der Waals surface area contributed by atoms with Crippen molar-refractivity contribution < 1.29 is 4.39 Å². The fourth-order valence-electron chi connectivity index (χ4n) is 1.48. The molecule has 1 aliphatic carbocycles. The van der Waals surface area contributed by atoms with E-state index in [4.69, 9.17) is 0 Å². The zero-order valence-electron chi connectivity index (χ0n) is 6.10. The van der Waals surface area contributed by atoms with Gasteiger partial charge in [-0.2, -0.15) is 0 Å². The standard InChI is InChI=1S/C7H14FN/c1-9(2)7-5-3-4-6(7)8/h6-7H,3-5H2,1-2H3/t6-,7-/m0/s1. The molecule has 0 bridgehead atoms. The highest BCUT2D eigenvalue weighted by Gasteiger charge is 2.27. The van der Waals surface area contributed by atoms with Gasteiger partial charge in [-0.3, -0.25) is 0 Å². The van der Waals surface area contributed by atoms with Crippen LogP contribution < -0.4 is 0 Å². The number of alkyl halides is 1. The number of rotatable bonds is 1. The second-order valence-corrected chi connectivity index (χ2v) is 2.98. The first kappa shape index (κ1) is 7.00. The van der Waals surface area contributed by atoms with Crippen molar-refractivity contribution in [1.29, 1.82) is 0 Å². The van der Waals surface area contributed by atoms with Crippen molar-refractivity contribution in [2.45, 2.75) is 31.5 Å². The van der Waals surface area contributed by atoms with Gasteiger partial charge in [0.15, 0.2) is 0 Å². The Bertz CT molecular complexity index is 92.9. The van der Waals surface area contributed by atoms with Crippen LogP contribution in [0.1, 0.15) is 19.3 Å². The number of halogens is 1. The lowest BCUT2D eigenvalue weighted by molar-refractivity contribution is 0.186. The molecule has 1 nitrogen and oxygen atoms in total. The van der Waals surface area contributed by atoms with E-state index in [1.165, 1.54) is 0 Å². The molecule has 0 aromatic rings. The van der Waals surface area contributed by atoms with Crippen molar-refractivity contribution >= 4 is 0 Å². The minimum absolute atomic E-state index is 0.199. The monoisotopic (exact) mass is 131 g/mol. The van der Waals surface area contributed by atoms with Crippen LogP contribution in [0.15, 0.2) is 0 Å². The van der Waals surface area contributed by atoms with Crippen molar-refractivity contribution in [3.05, 3.63) is 0 Å². The SMILES string of the molecule is CN(C)[C@H]1CCC[C@@H]1F. The summed E-state index contributed by atoms with van der Waals surface area (Å²) in [5.41, 5.74) is 0. The molecule has 2 atom stereocenters. The summed E-state index contributed by atoms with van der Waals surface area (Å²) in [6.45, 7) is 0. The average molecular weight is 131 g/mol. The van der Waals surface area contributed by atoms with Gasteiger partial charge in [0.05, 0.1) is 0 Å². The molecule has 0 unspecified atom stereocenters. The molecule has 54 valence electrons. The topological polar surface area (TPSA) is 3.24 Å². The second-order valence-electron chi connectivity index (χ2n) is 2.98. The molecule has 0 saturated heterocycles. The molecule has 0 spiro atoms. The van der Waals surface area contributed by atoms with E-state index in [1.54, 1.807) is 0 Å². The number of hydrogen-bond donors (Lipinski definition) is 0. The van der Waals surface area contributed by atoms with Gasteiger partial charge in [-0.05, 0) is 33.4 Å². The molecule has 0 heterocycles. The molecular weight excluding hydrogens is 117 g/mol. The summed E-state index contributed by atoms with van der Waals surface area (Å²) in [6.07, 6.45) is 2.29. The van der Waals surface area contributed by atoms with E-state index in [9.17, 15) is 4.39 Å². The normalized spacial score (nSPS) is 36.0. The van der Waals surface area contributed by atoms with E-state index in [1.807, 2.05) is 19.0 Å². The Kier molecular flexibility index (Phi) is 2.06. The lowest BCUT2D eigenvalue weighted by Crippen LogP contribution is -2.32. The van der Waals surface area contributed by atoms with Crippen LogP contribution in [0.25, 0.3) is 0 Å². The Morgan fingerprint density at radius 2 is 2.00 bits per heavy atom. The fraction of sp³-hybridized carbons (Fsp3) is 1.00. The number of hydrogen-bond acceptors (Lipinski definition) is 1. The predicted octanol–water partition coefficient (Wildman–Crippen LogP) is 1.44. The summed E-state index contributed by atoms with van der Waals surface area (Å²) < 4.78 is 12.8. The first-order valence-electron chi connectivity index (χ1n) is 3.52. The summed E-state index contributed by atoms with van der Waals surface area (Å²) in [4.78, 5) is 1.98. The van der Waals surface area contributed by atoms with Gasteiger partial charge in [-0.1, -0.05) is 0 Å². The maximum Gasteiger partial charge on any atom is 0.116 e. The summed E-state index contributed by atoms with van der Waals surface area (Å²) >= 11 is 0. The van der Waals surface area contributed by atoms with Crippen molar-refractivity contribution in [1.82, 2.24) is 4.90 Å². The van der Waals surface area contributed by atoms with Gasteiger partial charge < -0.3 is 4.90 Å². The lowest BCUT2D eigenvalue weighted by Gasteiger charge is -2.20. The third-order valence-corrected chi connectivity index (χ3v) is 2.06. The molecule has 0 N–H and O–H groups in total. The second kappa shape index (κ2) is 2.65. The van der Waals surface area contributed by atoms with Crippen LogP contribution in [0.4, 0.5) is 4.39 Å². The minimum atomic E-state index is -0.569. The van der Waals surface area contributed by atoms with Crippen molar-refractivity contribution in [2.24, 2.45) is 0 Å². The molecule has 0 aromatic heterocycles. The first-order chi connectivity index (χ1) is 4.22. The van der Waals surface area contributed by atoms with Crippen LogP contribution >= 0.6 is 0 Å². The van der Waals surface area contributed by atoms with Crippen LogP contribution in [0.2, 0.25) is 0 Å². The molecule has 0 aliphatic heterocycles. The van der Waals surface area contributed by atoms with Gasteiger partial charge in [0.2, 0.25) is 0 Å². The predicted molar refractivity (Wildman–Crippen MR) is 36.2 cm³/mol. The third kappa shape index (κ3) is 1.42. The molecule has 0 amide bonds. The smallest absolute Gasteiger partial charge is 0.116 e. The van der Waals surface area contributed by atoms with Gasteiger partial charge in [-0.15, -0.1) is 0 Å². The van der Waals surface area contributed by atoms with Gasteiger partial charge >= 0.3 is 0 Å². The Morgan fingerprint density at radius 1 is 1.33 bits per heavy atom. The van der Waals surface area contributed by atoms with E-state index in [-0.39, 0.29) is 6.04 Å². The summed E-state index contributed by atoms with van der Waals surface area (Å²) in [7, 11) is 3.89. The highest BCUT2D eigenvalue weighted by Crippen LogP contribution is 2.24. The van der Waals surface area contributed by atoms with Crippen LogP contribution in [-0.2, 0) is 0 Å². The van der Waals surface area contributed by atoms with Crippen LogP contribution in [-0.4, -0.2) is 31.2 Å². The van der Waals surface area contributed by atoms with Crippen molar-refractivity contribution in [2.75, 3.05) is 14.1 Å². The number of nitrogens with zero attached hydrogens (tertiary/aromatic N) is 1. The third-order valence-electron chi connectivity index (χ3n) is 2.06. The van der Waals surface area contributed by atoms with Gasteiger partial charge in [-0.25, -0.2) is 4.39 Å². The van der Waals surface area contributed by atoms with Crippen molar-refractivity contribution in [3.8, 4) is 0 Å². The molecule has 1 rings (SSSR count). The van der Waals surface area contributed by atoms with E-state index >= 15 is 0 Å². The quantitative estimate of drug-likeness (QED) is 0.520. The molecule has 0 radical (unpaired) electrons. The van der Waals surface area contributed by atoms with E-state index in [0.717, 1.165) is 19.3 Å². The Balaban J connectivity index is 2.40. The summed E-state index contributed by atoms with van der Waals surface area (Å²) in [5.74, 6) is 0. The summed E-state index contributed by atoms with van der Waals surface area (Å²) in [6, 6.07) is 0.199. The zero-order chi connectivity index (χ0) is 6.85. The molecule has 0 aromatic carbocycles. The molecule has 1 aliphatic rings. The lowest BCUT2D eigenvalue weighted by atomic mass is 10.2. The van der Waals surface area contributed by atoms with Crippen LogP contribution in [0.5, 0.6) is 0 Å². The largest absolute Gasteiger partial charge is 0.304 e. The highest BCUT2D eigenvalue weighted by atomic mass is 19.1. The van der Waals surface area contributed by atoms with Crippen molar-refractivity contribution in [3.63, 3.8) is 0 Å². The first-order valence-corrected chi connectivity index (χ1v) is 3.52. The molecular formula is C7H14FN. The maximum atomic E-state index is 12.8. The van der Waals surface area contributed by atoms with Crippen LogP contribution in [0.3, 0.4) is 0 Å². The average Bonchev–Trinajstić information content (AvgIpc) is 2.13. The Morgan fingerprint density at radius 3 is 2.22 bits per heavy atom. The minimum Gasteiger partial charge on any atom is -0.304 e. The highest BCUT2D eigenvalue weighted by molar-refractivity contribution is 4.82. The van der Waals surface area contributed by atoms with E-state index in [0.29, 0.717) is 0 Å². The van der Waals surface area contributed by atoms with Crippen LogP contribution in [0, 0.1) is 0 Å². The van der Waals surface area contributed by atoms with Gasteiger partial charge in [0.25, 0.3) is 0 Å². The zero-order valence-corrected chi connectivity index (χ0v) is 6.10. The van der Waals surface area contributed by atoms with E-state index in [2.05, 4.69) is 0 Å². The Labute approximate surface area is 55.8 Å². The molecule has 1 saturated carbocycles. The maximum absolute atomic E-state index is 12.8. The molecule has 9 heavy (non-hydrogen) atoms. The molecule has 1 fully saturated rings.